The van der Waals surface area contributed by atoms with Crippen LogP contribution in [0.25, 0.3) is 23.2 Å². The molecule has 0 saturated carbocycles. The van der Waals surface area contributed by atoms with Crippen LogP contribution in [0.4, 0.5) is 0 Å². The molecule has 0 amide bonds. The van der Waals surface area contributed by atoms with Crippen molar-refractivity contribution in [3.8, 4) is 23.2 Å². The zero-order valence-corrected chi connectivity index (χ0v) is 15.9. The first-order valence-corrected chi connectivity index (χ1v) is 8.99. The van der Waals surface area contributed by atoms with Crippen molar-refractivity contribution in [1.29, 1.82) is 0 Å². The summed E-state index contributed by atoms with van der Waals surface area (Å²) in [7, 11) is 0. The zero-order valence-electron chi connectivity index (χ0n) is 14.4. The van der Waals surface area contributed by atoms with Crippen molar-refractivity contribution in [2.24, 2.45) is 0 Å². The molecule has 26 heavy (non-hydrogen) atoms. The summed E-state index contributed by atoms with van der Waals surface area (Å²) in [6, 6.07) is 16.1. The zero-order chi connectivity index (χ0) is 18.1. The van der Waals surface area contributed by atoms with Crippen molar-refractivity contribution in [3.63, 3.8) is 0 Å². The molecule has 0 atom stereocenters. The molecule has 4 rings (SSSR count). The van der Waals surface area contributed by atoms with Crippen LogP contribution in [0.3, 0.4) is 0 Å². The molecule has 0 spiro atoms. The minimum Gasteiger partial charge on any atom is -0.438 e. The molecule has 0 aliphatic carbocycles. The quantitative estimate of drug-likeness (QED) is 0.453. The molecule has 0 radical (unpaired) electrons. The maximum absolute atomic E-state index is 5.75. The van der Waals surface area contributed by atoms with Crippen LogP contribution in [0.15, 0.2) is 61.9 Å². The van der Waals surface area contributed by atoms with Gasteiger partial charge in [-0.15, -0.1) is 0 Å². The second kappa shape index (κ2) is 6.88. The van der Waals surface area contributed by atoms with Crippen LogP contribution in [0.5, 0.6) is 0 Å². The van der Waals surface area contributed by atoms with Gasteiger partial charge in [-0.3, -0.25) is 0 Å². The van der Waals surface area contributed by atoms with Crippen molar-refractivity contribution in [2.45, 2.75) is 20.3 Å². The highest BCUT2D eigenvalue weighted by atomic mass is 79.9. The average Bonchev–Trinajstić information content (AvgIpc) is 3.23. The first-order valence-electron chi connectivity index (χ1n) is 8.20. The van der Waals surface area contributed by atoms with E-state index in [0.717, 1.165) is 27.1 Å². The van der Waals surface area contributed by atoms with Crippen molar-refractivity contribution >= 4 is 15.9 Å². The van der Waals surface area contributed by atoms with Gasteiger partial charge < -0.3 is 8.94 Å². The second-order valence-corrected chi connectivity index (χ2v) is 7.03. The Labute approximate surface area is 159 Å². The van der Waals surface area contributed by atoms with E-state index in [1.807, 2.05) is 50.2 Å². The van der Waals surface area contributed by atoms with Crippen LogP contribution >= 0.6 is 15.9 Å². The first-order chi connectivity index (χ1) is 12.6. The van der Waals surface area contributed by atoms with Crippen molar-refractivity contribution in [1.82, 2.24) is 15.1 Å². The molecule has 0 fully saturated rings. The minimum atomic E-state index is 0.282. The number of hydrogen-bond acceptors (Lipinski definition) is 5. The van der Waals surface area contributed by atoms with Gasteiger partial charge in [-0.2, -0.15) is 4.98 Å². The Balaban J connectivity index is 1.60. The lowest BCUT2D eigenvalue weighted by Gasteiger charge is -1.99. The van der Waals surface area contributed by atoms with Crippen molar-refractivity contribution < 1.29 is 8.94 Å². The van der Waals surface area contributed by atoms with Crippen LogP contribution in [0.1, 0.15) is 22.6 Å². The van der Waals surface area contributed by atoms with Gasteiger partial charge in [-0.25, -0.2) is 4.98 Å². The molecule has 0 aliphatic heterocycles. The van der Waals surface area contributed by atoms with Crippen LogP contribution in [0.2, 0.25) is 0 Å². The molecular weight excluding hydrogens is 394 g/mol. The number of rotatable bonds is 4. The van der Waals surface area contributed by atoms with Gasteiger partial charge in [-0.1, -0.05) is 63.0 Å². The molecule has 5 nitrogen and oxygen atoms in total. The predicted molar refractivity (Wildman–Crippen MR) is 102 cm³/mol. The summed E-state index contributed by atoms with van der Waals surface area (Å²) < 4.78 is 12.1. The SMILES string of the molecule is Cc1ccc(-c2noc(-c3nc(Cc4cccc(Br)c4)c(C)o3)n2)cc1. The summed E-state index contributed by atoms with van der Waals surface area (Å²) >= 11 is 3.49. The highest BCUT2D eigenvalue weighted by Gasteiger charge is 2.18. The lowest BCUT2D eigenvalue weighted by molar-refractivity contribution is 0.411. The van der Waals surface area contributed by atoms with Crippen molar-refractivity contribution in [2.75, 3.05) is 0 Å². The van der Waals surface area contributed by atoms with Crippen molar-refractivity contribution in [3.05, 3.63) is 75.6 Å². The molecule has 6 heteroatoms. The number of aromatic nitrogens is 3. The molecule has 2 aromatic heterocycles. The van der Waals surface area contributed by atoms with Crippen LogP contribution in [-0.4, -0.2) is 15.1 Å². The highest BCUT2D eigenvalue weighted by Crippen LogP contribution is 2.25. The maximum atomic E-state index is 5.75. The lowest BCUT2D eigenvalue weighted by Crippen LogP contribution is -1.91. The van der Waals surface area contributed by atoms with E-state index >= 15 is 0 Å². The largest absolute Gasteiger partial charge is 0.438 e. The number of oxazole rings is 1. The third kappa shape index (κ3) is 3.46. The topological polar surface area (TPSA) is 65.0 Å². The van der Waals surface area contributed by atoms with Crippen LogP contribution in [0, 0.1) is 13.8 Å². The molecule has 2 aromatic carbocycles. The summed E-state index contributed by atoms with van der Waals surface area (Å²) in [5.41, 5.74) is 4.07. The number of aryl methyl sites for hydroxylation is 2. The molecule has 0 bridgehead atoms. The van der Waals surface area contributed by atoms with E-state index in [2.05, 4.69) is 43.2 Å². The second-order valence-electron chi connectivity index (χ2n) is 6.12. The Hall–Kier alpha value is -2.73. The Kier molecular flexibility index (Phi) is 4.42. The molecule has 130 valence electrons. The maximum Gasteiger partial charge on any atom is 0.314 e. The first kappa shape index (κ1) is 16.7. The van der Waals surface area contributed by atoms with Gasteiger partial charge in [0.25, 0.3) is 5.89 Å². The van der Waals surface area contributed by atoms with E-state index in [1.54, 1.807) is 0 Å². The molecule has 2 heterocycles. The van der Waals surface area contributed by atoms with Gasteiger partial charge in [0.2, 0.25) is 5.82 Å². The minimum absolute atomic E-state index is 0.282. The molecule has 0 unspecified atom stereocenters. The Morgan fingerprint density at radius 3 is 2.54 bits per heavy atom. The average molecular weight is 410 g/mol. The molecule has 0 aliphatic rings. The predicted octanol–water partition coefficient (Wildman–Crippen LogP) is 5.36. The Bertz CT molecular complexity index is 1050. The number of halogens is 1. The summed E-state index contributed by atoms with van der Waals surface area (Å²) in [5.74, 6) is 1.89. The van der Waals surface area contributed by atoms with E-state index in [-0.39, 0.29) is 5.89 Å². The van der Waals surface area contributed by atoms with Crippen LogP contribution < -0.4 is 0 Å². The van der Waals surface area contributed by atoms with E-state index in [9.17, 15) is 0 Å². The molecular formula is C20H16BrN3O2. The fourth-order valence-corrected chi connectivity index (χ4v) is 3.10. The Morgan fingerprint density at radius 1 is 0.962 bits per heavy atom. The standard InChI is InChI=1S/C20H16BrN3O2/c1-12-6-8-15(9-7-12)18-23-20(26-24-18)19-22-17(13(2)25-19)11-14-4-3-5-16(21)10-14/h3-10H,11H2,1-2H3. The van der Waals surface area contributed by atoms with E-state index < -0.39 is 0 Å². The summed E-state index contributed by atoms with van der Waals surface area (Å²) in [4.78, 5) is 8.96. The van der Waals surface area contributed by atoms with Crippen LogP contribution in [-0.2, 0) is 6.42 Å². The summed E-state index contributed by atoms with van der Waals surface area (Å²) in [5, 5.41) is 4.03. The third-order valence-electron chi connectivity index (χ3n) is 4.07. The highest BCUT2D eigenvalue weighted by molar-refractivity contribution is 9.10. The van der Waals surface area contributed by atoms with Gasteiger partial charge in [-0.05, 0) is 31.5 Å². The van der Waals surface area contributed by atoms with Gasteiger partial charge in [0.1, 0.15) is 5.76 Å². The van der Waals surface area contributed by atoms with Gasteiger partial charge in [0, 0.05) is 16.5 Å². The van der Waals surface area contributed by atoms with E-state index in [0.29, 0.717) is 18.1 Å². The number of nitrogens with zero attached hydrogens (tertiary/aromatic N) is 3. The van der Waals surface area contributed by atoms with Gasteiger partial charge >= 0.3 is 5.89 Å². The molecule has 0 saturated heterocycles. The number of hydrogen-bond donors (Lipinski definition) is 0. The fourth-order valence-electron chi connectivity index (χ4n) is 2.65. The van der Waals surface area contributed by atoms with E-state index in [1.165, 1.54) is 5.56 Å². The molecule has 4 aromatic rings. The fraction of sp³-hybridized carbons (Fsp3) is 0.150. The lowest BCUT2D eigenvalue weighted by atomic mass is 10.1. The number of benzene rings is 2. The molecule has 0 N–H and O–H groups in total. The Morgan fingerprint density at radius 2 is 1.77 bits per heavy atom. The normalized spacial score (nSPS) is 11.0. The van der Waals surface area contributed by atoms with Gasteiger partial charge in [0.15, 0.2) is 0 Å². The van der Waals surface area contributed by atoms with Gasteiger partial charge in [0.05, 0.1) is 5.69 Å². The van der Waals surface area contributed by atoms with E-state index in [4.69, 9.17) is 8.94 Å². The monoisotopic (exact) mass is 409 g/mol. The smallest absolute Gasteiger partial charge is 0.314 e. The third-order valence-corrected chi connectivity index (χ3v) is 4.57. The summed E-state index contributed by atoms with van der Waals surface area (Å²) in [6.45, 7) is 3.93. The summed E-state index contributed by atoms with van der Waals surface area (Å²) in [6.07, 6.45) is 0.674.